The van der Waals surface area contributed by atoms with Crippen LogP contribution in [0.1, 0.15) is 19.3 Å². The van der Waals surface area contributed by atoms with Crippen LogP contribution in [0.3, 0.4) is 0 Å². The maximum atomic E-state index is 11.0. The lowest BCUT2D eigenvalue weighted by molar-refractivity contribution is -0.166. The van der Waals surface area contributed by atoms with Crippen LogP contribution in [0.2, 0.25) is 0 Å². The van der Waals surface area contributed by atoms with E-state index in [1.165, 1.54) is 25.0 Å². The minimum absolute atomic E-state index is 0.267. The van der Waals surface area contributed by atoms with Crippen LogP contribution in [-0.4, -0.2) is 47.5 Å². The summed E-state index contributed by atoms with van der Waals surface area (Å²) < 4.78 is 4.48. The highest BCUT2D eigenvalue weighted by molar-refractivity contribution is 7.99. The van der Waals surface area contributed by atoms with Gasteiger partial charge in [0.05, 0.1) is 13.1 Å². The maximum Gasteiger partial charge on any atom is 0.327 e. The van der Waals surface area contributed by atoms with E-state index in [4.69, 9.17) is 0 Å². The molecule has 1 unspecified atom stereocenters. The second kappa shape index (κ2) is 4.99. The summed E-state index contributed by atoms with van der Waals surface area (Å²) in [7, 11) is 0. The van der Waals surface area contributed by atoms with Gasteiger partial charge in [-0.2, -0.15) is 11.8 Å². The van der Waals surface area contributed by atoms with E-state index in [2.05, 4.69) is 4.74 Å². The molecule has 0 aromatic heterocycles. The first-order chi connectivity index (χ1) is 7.24. The van der Waals surface area contributed by atoms with Gasteiger partial charge in [-0.3, -0.25) is 14.5 Å². The number of ether oxygens (including phenoxy) is 1. The number of rotatable bonds is 2. The summed E-state index contributed by atoms with van der Waals surface area (Å²) in [6.07, 6.45) is 3.76. The molecule has 0 spiro atoms. The van der Waals surface area contributed by atoms with Crippen molar-refractivity contribution in [2.45, 2.75) is 24.5 Å². The van der Waals surface area contributed by atoms with E-state index in [-0.39, 0.29) is 13.1 Å². The van der Waals surface area contributed by atoms with E-state index >= 15 is 0 Å². The van der Waals surface area contributed by atoms with Gasteiger partial charge in [0.1, 0.15) is 0 Å². The van der Waals surface area contributed by atoms with Gasteiger partial charge >= 0.3 is 11.9 Å². The summed E-state index contributed by atoms with van der Waals surface area (Å²) in [6.45, 7) is 1.37. The third kappa shape index (κ3) is 3.21. The first-order valence-electron chi connectivity index (χ1n) is 5.31. The van der Waals surface area contributed by atoms with Gasteiger partial charge in [-0.1, -0.05) is 6.42 Å². The fraction of sp³-hybridized carbons (Fsp3) is 0.800. The monoisotopic (exact) mass is 229 g/mol. The van der Waals surface area contributed by atoms with Crippen molar-refractivity contribution in [3.8, 4) is 0 Å². The molecule has 0 radical (unpaired) electrons. The van der Waals surface area contributed by atoms with Gasteiger partial charge in [0.25, 0.3) is 0 Å². The molecule has 2 aliphatic heterocycles. The van der Waals surface area contributed by atoms with E-state index in [1.54, 1.807) is 0 Å². The van der Waals surface area contributed by atoms with Crippen molar-refractivity contribution >= 4 is 23.7 Å². The first kappa shape index (κ1) is 11.0. The predicted molar refractivity (Wildman–Crippen MR) is 57.6 cm³/mol. The van der Waals surface area contributed by atoms with Crippen molar-refractivity contribution in [1.29, 1.82) is 0 Å². The average molecular weight is 229 g/mol. The van der Waals surface area contributed by atoms with Crippen LogP contribution in [0.25, 0.3) is 0 Å². The van der Waals surface area contributed by atoms with Crippen molar-refractivity contribution in [3.05, 3.63) is 0 Å². The lowest BCUT2D eigenvalue weighted by Gasteiger charge is -2.29. The molecule has 2 rings (SSSR count). The number of thioether (sulfide) groups is 1. The Hall–Kier alpha value is -0.550. The smallest absolute Gasteiger partial charge is 0.327 e. The number of nitrogens with zero attached hydrogens (tertiary/aromatic N) is 1. The molecule has 2 saturated heterocycles. The van der Waals surface area contributed by atoms with Crippen molar-refractivity contribution in [1.82, 2.24) is 4.90 Å². The number of carbonyl (C=O) groups is 2. The van der Waals surface area contributed by atoms with Crippen molar-refractivity contribution in [2.75, 3.05) is 25.4 Å². The molecular weight excluding hydrogens is 214 g/mol. The van der Waals surface area contributed by atoms with Crippen LogP contribution in [-0.2, 0) is 14.3 Å². The Bertz CT molecular complexity index is 247. The number of hydrogen-bond acceptors (Lipinski definition) is 5. The average Bonchev–Trinajstić information content (AvgIpc) is 2.17. The summed E-state index contributed by atoms with van der Waals surface area (Å²) in [5, 5.41) is 0.581. The Morgan fingerprint density at radius 2 is 2.00 bits per heavy atom. The topological polar surface area (TPSA) is 46.6 Å². The number of cyclic esters (lactones) is 2. The summed E-state index contributed by atoms with van der Waals surface area (Å²) in [5.74, 6) is 0.385. The van der Waals surface area contributed by atoms with Crippen molar-refractivity contribution < 1.29 is 14.3 Å². The Kier molecular flexibility index (Phi) is 3.64. The lowest BCUT2D eigenvalue weighted by atomic mass is 10.2. The molecule has 0 saturated carbocycles. The minimum Gasteiger partial charge on any atom is -0.391 e. The second-order valence-electron chi connectivity index (χ2n) is 4.00. The largest absolute Gasteiger partial charge is 0.391 e. The molecule has 0 aromatic carbocycles. The lowest BCUT2D eigenvalue weighted by Crippen LogP contribution is -2.45. The Morgan fingerprint density at radius 3 is 2.60 bits per heavy atom. The predicted octanol–water partition coefficient (Wildman–Crippen LogP) is 0.657. The van der Waals surface area contributed by atoms with E-state index in [0.29, 0.717) is 5.25 Å². The van der Waals surface area contributed by atoms with E-state index < -0.39 is 11.9 Å². The van der Waals surface area contributed by atoms with Gasteiger partial charge in [0.15, 0.2) is 0 Å². The molecule has 84 valence electrons. The maximum absolute atomic E-state index is 11.0. The number of carbonyl (C=O) groups excluding carboxylic acids is 2. The van der Waals surface area contributed by atoms with E-state index in [9.17, 15) is 9.59 Å². The molecule has 0 amide bonds. The number of esters is 2. The zero-order valence-corrected chi connectivity index (χ0v) is 9.42. The van der Waals surface area contributed by atoms with Crippen molar-refractivity contribution in [3.63, 3.8) is 0 Å². The SMILES string of the molecule is O=C1CN(CC2CCCCS2)CC(=O)O1. The zero-order valence-electron chi connectivity index (χ0n) is 8.61. The number of morpholine rings is 1. The van der Waals surface area contributed by atoms with Crippen LogP contribution in [0.5, 0.6) is 0 Å². The highest BCUT2D eigenvalue weighted by Crippen LogP contribution is 2.25. The molecule has 0 bridgehead atoms. The molecule has 2 heterocycles. The molecule has 0 aromatic rings. The zero-order chi connectivity index (χ0) is 10.7. The molecular formula is C10H15NO3S. The molecule has 2 fully saturated rings. The van der Waals surface area contributed by atoms with Gasteiger partial charge in [-0.05, 0) is 18.6 Å². The van der Waals surface area contributed by atoms with Gasteiger partial charge in [0.2, 0.25) is 0 Å². The summed E-state index contributed by atoms with van der Waals surface area (Å²) in [4.78, 5) is 24.0. The van der Waals surface area contributed by atoms with Crippen molar-refractivity contribution in [2.24, 2.45) is 0 Å². The first-order valence-corrected chi connectivity index (χ1v) is 6.36. The fourth-order valence-corrected chi connectivity index (χ4v) is 3.33. The molecule has 4 nitrogen and oxygen atoms in total. The number of hydrogen-bond donors (Lipinski definition) is 0. The van der Waals surface area contributed by atoms with E-state index in [0.717, 1.165) is 6.54 Å². The second-order valence-corrected chi connectivity index (χ2v) is 5.41. The summed E-state index contributed by atoms with van der Waals surface area (Å²) in [5.41, 5.74) is 0. The highest BCUT2D eigenvalue weighted by atomic mass is 32.2. The minimum atomic E-state index is -0.410. The standard InChI is InChI=1S/C10H15NO3S/c12-9-6-11(7-10(13)14-9)5-8-3-1-2-4-15-8/h8H,1-7H2. The Morgan fingerprint density at radius 1 is 1.27 bits per heavy atom. The third-order valence-electron chi connectivity index (χ3n) is 2.67. The van der Waals surface area contributed by atoms with Gasteiger partial charge < -0.3 is 4.74 Å². The van der Waals surface area contributed by atoms with Gasteiger partial charge in [0, 0.05) is 11.8 Å². The van der Waals surface area contributed by atoms with Crippen LogP contribution in [0, 0.1) is 0 Å². The van der Waals surface area contributed by atoms with Gasteiger partial charge in [-0.15, -0.1) is 0 Å². The molecule has 15 heavy (non-hydrogen) atoms. The summed E-state index contributed by atoms with van der Waals surface area (Å²) in [6, 6.07) is 0. The quantitative estimate of drug-likeness (QED) is 0.514. The van der Waals surface area contributed by atoms with Crippen LogP contribution < -0.4 is 0 Å². The van der Waals surface area contributed by atoms with Crippen LogP contribution >= 0.6 is 11.8 Å². The molecule has 5 heteroatoms. The highest BCUT2D eigenvalue weighted by Gasteiger charge is 2.27. The molecule has 1 atom stereocenters. The fourth-order valence-electron chi connectivity index (χ4n) is 1.98. The third-order valence-corrected chi connectivity index (χ3v) is 4.05. The normalized spacial score (nSPS) is 28.9. The van der Waals surface area contributed by atoms with Crippen LogP contribution in [0.15, 0.2) is 0 Å². The van der Waals surface area contributed by atoms with Crippen LogP contribution in [0.4, 0.5) is 0 Å². The summed E-state index contributed by atoms with van der Waals surface area (Å²) >= 11 is 1.95. The van der Waals surface area contributed by atoms with E-state index in [1.807, 2.05) is 16.7 Å². The Balaban J connectivity index is 1.82. The van der Waals surface area contributed by atoms with Gasteiger partial charge in [-0.25, -0.2) is 0 Å². The Labute approximate surface area is 93.3 Å². The molecule has 2 aliphatic rings. The molecule has 0 aliphatic carbocycles. The molecule has 0 N–H and O–H groups in total.